The van der Waals surface area contributed by atoms with Gasteiger partial charge in [-0.3, -0.25) is 0 Å². The van der Waals surface area contributed by atoms with E-state index in [1.165, 1.54) is 0 Å². The molecule has 1 radical (unpaired) electrons. The summed E-state index contributed by atoms with van der Waals surface area (Å²) in [5, 5.41) is 28.5. The van der Waals surface area contributed by atoms with Gasteiger partial charge in [-0.2, -0.15) is 0 Å². The summed E-state index contributed by atoms with van der Waals surface area (Å²) in [5.74, 6) is 0.724. The van der Waals surface area contributed by atoms with Crippen LogP contribution in [0.25, 0.3) is 0 Å². The Kier molecular flexibility index (Phi) is 4.05. The molecule has 3 aromatic carbocycles. The standard InChI is InChI=1S/C18H15O3Se/c19-13-1-7-16(8-2-13)22(17-9-3-14(20)4-10-17)18-11-5-15(21)6-12-18/h1-12,19-21H. The molecular formula is C18H15O3Se. The van der Waals surface area contributed by atoms with E-state index in [4.69, 9.17) is 0 Å². The molecule has 0 saturated heterocycles. The zero-order valence-corrected chi connectivity index (χ0v) is 13.4. The number of hydrogen-bond acceptors (Lipinski definition) is 3. The van der Waals surface area contributed by atoms with Crippen LogP contribution in [0.1, 0.15) is 0 Å². The molecule has 0 spiro atoms. The van der Waals surface area contributed by atoms with Gasteiger partial charge in [-0.25, -0.2) is 0 Å². The summed E-state index contributed by atoms with van der Waals surface area (Å²) in [6.45, 7) is 0. The molecule has 0 atom stereocenters. The Balaban J connectivity index is 2.10. The Morgan fingerprint density at radius 3 is 0.864 bits per heavy atom. The summed E-state index contributed by atoms with van der Waals surface area (Å²) in [6.07, 6.45) is 0. The Morgan fingerprint density at radius 1 is 0.409 bits per heavy atom. The molecule has 0 saturated carbocycles. The third kappa shape index (κ3) is 3.08. The van der Waals surface area contributed by atoms with Crippen molar-refractivity contribution in [1.29, 1.82) is 0 Å². The van der Waals surface area contributed by atoms with E-state index in [2.05, 4.69) is 0 Å². The van der Waals surface area contributed by atoms with Gasteiger partial charge in [-0.05, 0) is 0 Å². The van der Waals surface area contributed by atoms with Crippen molar-refractivity contribution < 1.29 is 15.3 Å². The Morgan fingerprint density at radius 2 is 0.636 bits per heavy atom. The zero-order valence-electron chi connectivity index (χ0n) is 11.7. The fourth-order valence-corrected chi connectivity index (χ4v) is 6.44. The van der Waals surface area contributed by atoms with Crippen LogP contribution in [0.15, 0.2) is 72.8 Å². The molecule has 3 aromatic rings. The van der Waals surface area contributed by atoms with Gasteiger partial charge in [-0.1, -0.05) is 0 Å². The molecule has 22 heavy (non-hydrogen) atoms. The predicted molar refractivity (Wildman–Crippen MR) is 89.0 cm³/mol. The number of aromatic hydroxyl groups is 3. The normalized spacial score (nSPS) is 10.8. The van der Waals surface area contributed by atoms with Gasteiger partial charge in [-0.15, -0.1) is 0 Å². The minimum absolute atomic E-state index is 0.241. The Hall–Kier alpha value is -2.42. The summed E-state index contributed by atoms with van der Waals surface area (Å²) in [6, 6.07) is 21.7. The van der Waals surface area contributed by atoms with Crippen molar-refractivity contribution in [3.05, 3.63) is 72.8 Å². The van der Waals surface area contributed by atoms with E-state index in [1.807, 2.05) is 36.4 Å². The average Bonchev–Trinajstić information content (AvgIpc) is 2.53. The minimum atomic E-state index is -1.54. The first-order valence-electron chi connectivity index (χ1n) is 6.75. The van der Waals surface area contributed by atoms with Gasteiger partial charge in [0.1, 0.15) is 0 Å². The molecule has 3 N–H and O–H groups in total. The number of rotatable bonds is 3. The van der Waals surface area contributed by atoms with Crippen LogP contribution < -0.4 is 13.4 Å². The number of phenolic OH excluding ortho intramolecular Hbond substituents is 3. The van der Waals surface area contributed by atoms with Crippen molar-refractivity contribution in [2.75, 3.05) is 0 Å². The maximum atomic E-state index is 9.50. The van der Waals surface area contributed by atoms with E-state index in [-0.39, 0.29) is 17.2 Å². The fraction of sp³-hybridized carbons (Fsp3) is 0. The first-order chi connectivity index (χ1) is 10.6. The molecule has 3 nitrogen and oxygen atoms in total. The van der Waals surface area contributed by atoms with Gasteiger partial charge < -0.3 is 0 Å². The van der Waals surface area contributed by atoms with Crippen LogP contribution >= 0.6 is 0 Å². The van der Waals surface area contributed by atoms with Crippen LogP contribution in [0, 0.1) is 0 Å². The van der Waals surface area contributed by atoms with Crippen LogP contribution in [-0.4, -0.2) is 29.2 Å². The summed E-state index contributed by atoms with van der Waals surface area (Å²) in [5.41, 5.74) is 0. The quantitative estimate of drug-likeness (QED) is 0.619. The summed E-state index contributed by atoms with van der Waals surface area (Å²) in [7, 11) is 0. The zero-order chi connectivity index (χ0) is 15.5. The second-order valence-corrected chi connectivity index (χ2v) is 9.04. The molecule has 0 aliphatic rings. The average molecular weight is 358 g/mol. The van der Waals surface area contributed by atoms with Crippen molar-refractivity contribution in [2.45, 2.75) is 0 Å². The molecule has 0 fully saturated rings. The summed E-state index contributed by atoms with van der Waals surface area (Å²) in [4.78, 5) is 0. The van der Waals surface area contributed by atoms with E-state index in [0.717, 1.165) is 13.4 Å². The molecule has 4 heteroatoms. The monoisotopic (exact) mass is 359 g/mol. The third-order valence-corrected chi connectivity index (χ3v) is 7.90. The summed E-state index contributed by atoms with van der Waals surface area (Å²) < 4.78 is 3.44. The molecular weight excluding hydrogens is 343 g/mol. The topological polar surface area (TPSA) is 60.7 Å². The molecule has 0 bridgehead atoms. The molecule has 3 rings (SSSR count). The van der Waals surface area contributed by atoms with E-state index < -0.39 is 13.9 Å². The van der Waals surface area contributed by atoms with Crippen molar-refractivity contribution in [3.63, 3.8) is 0 Å². The van der Waals surface area contributed by atoms with Crippen molar-refractivity contribution in [3.8, 4) is 17.2 Å². The first-order valence-corrected chi connectivity index (χ1v) is 9.32. The molecule has 0 aliphatic carbocycles. The summed E-state index contributed by atoms with van der Waals surface area (Å²) >= 11 is -1.54. The number of phenols is 3. The van der Waals surface area contributed by atoms with Crippen LogP contribution in [0.2, 0.25) is 0 Å². The van der Waals surface area contributed by atoms with Gasteiger partial charge in [0.05, 0.1) is 0 Å². The Labute approximate surface area is 133 Å². The van der Waals surface area contributed by atoms with Crippen LogP contribution in [0.3, 0.4) is 0 Å². The van der Waals surface area contributed by atoms with E-state index in [9.17, 15) is 15.3 Å². The van der Waals surface area contributed by atoms with Gasteiger partial charge in [0.15, 0.2) is 0 Å². The second kappa shape index (κ2) is 6.14. The molecule has 0 unspecified atom stereocenters. The van der Waals surface area contributed by atoms with Gasteiger partial charge in [0, 0.05) is 0 Å². The first kappa shape index (κ1) is 14.5. The van der Waals surface area contributed by atoms with Gasteiger partial charge in [0.2, 0.25) is 0 Å². The fourth-order valence-electron chi connectivity index (χ4n) is 2.15. The van der Waals surface area contributed by atoms with Crippen molar-refractivity contribution >= 4 is 27.3 Å². The van der Waals surface area contributed by atoms with Crippen LogP contribution in [-0.2, 0) is 0 Å². The molecule has 0 heterocycles. The Bertz CT molecular complexity index is 642. The van der Waals surface area contributed by atoms with E-state index in [1.54, 1.807) is 36.4 Å². The molecule has 0 aliphatic heterocycles. The van der Waals surface area contributed by atoms with E-state index >= 15 is 0 Å². The van der Waals surface area contributed by atoms with Crippen molar-refractivity contribution in [1.82, 2.24) is 0 Å². The van der Waals surface area contributed by atoms with Gasteiger partial charge in [0.25, 0.3) is 0 Å². The van der Waals surface area contributed by atoms with E-state index in [0.29, 0.717) is 0 Å². The van der Waals surface area contributed by atoms with Gasteiger partial charge >= 0.3 is 133 Å². The second-order valence-electron chi connectivity index (χ2n) is 4.79. The van der Waals surface area contributed by atoms with Crippen LogP contribution in [0.5, 0.6) is 17.2 Å². The third-order valence-electron chi connectivity index (χ3n) is 3.22. The van der Waals surface area contributed by atoms with Crippen LogP contribution in [0.4, 0.5) is 0 Å². The number of hydrogen-bond donors (Lipinski definition) is 3. The number of benzene rings is 3. The molecule has 0 aromatic heterocycles. The SMILES string of the molecule is Oc1ccc([Se](c2ccc(O)cc2)c2ccc(O)cc2)cc1. The maximum absolute atomic E-state index is 9.50. The van der Waals surface area contributed by atoms with Crippen molar-refractivity contribution in [2.24, 2.45) is 0 Å². The predicted octanol–water partition coefficient (Wildman–Crippen LogP) is 1.32. The molecule has 111 valence electrons. The molecule has 0 amide bonds.